The van der Waals surface area contributed by atoms with Crippen LogP contribution < -0.4 is 16.4 Å². The molecule has 0 aliphatic carbocycles. The van der Waals surface area contributed by atoms with Gasteiger partial charge in [-0.2, -0.15) is 0 Å². The van der Waals surface area contributed by atoms with Crippen molar-refractivity contribution in [3.8, 4) is 33.4 Å². The molecule has 0 heterocycles. The van der Waals surface area contributed by atoms with Crippen LogP contribution in [0.25, 0.3) is 65.7 Å². The van der Waals surface area contributed by atoms with Gasteiger partial charge in [-0.05, 0) is 82.4 Å². The number of rotatable bonds is 10. The first kappa shape index (κ1) is 33.5. The summed E-state index contributed by atoms with van der Waals surface area (Å²) in [5.41, 5.74) is 17.5. The van der Waals surface area contributed by atoms with Crippen LogP contribution in [0.4, 0.5) is 0 Å². The van der Waals surface area contributed by atoms with Crippen molar-refractivity contribution in [2.45, 2.75) is 18.9 Å². The highest BCUT2D eigenvalue weighted by Gasteiger charge is 2.19. The van der Waals surface area contributed by atoms with Crippen LogP contribution >= 0.6 is 0 Å². The molecule has 2 unspecified atom stereocenters. The molecule has 9 rings (SSSR count). The van der Waals surface area contributed by atoms with Gasteiger partial charge in [0.05, 0.1) is 12.3 Å². The van der Waals surface area contributed by atoms with Crippen LogP contribution in [0, 0.1) is 0 Å². The molecule has 2 atom stereocenters. The van der Waals surface area contributed by atoms with Crippen molar-refractivity contribution in [1.82, 2.24) is 10.6 Å². The highest BCUT2D eigenvalue weighted by Crippen LogP contribution is 2.46. The van der Waals surface area contributed by atoms with E-state index in [0.717, 1.165) is 11.1 Å². The number of fused-ring (bicyclic) bond motifs is 4. The molecule has 0 aliphatic heterocycles. The van der Waals surface area contributed by atoms with Gasteiger partial charge in [-0.15, -0.1) is 0 Å². The van der Waals surface area contributed by atoms with E-state index in [1.165, 1.54) is 71.3 Å². The maximum absolute atomic E-state index is 6.73. The Balaban J connectivity index is 1.07. The summed E-state index contributed by atoms with van der Waals surface area (Å²) in [5, 5.41) is 15.0. The molecule has 0 aliphatic rings. The molecule has 0 fully saturated rings. The van der Waals surface area contributed by atoms with Crippen LogP contribution in [-0.2, 0) is 6.54 Å². The Bertz CT molecular complexity index is 2670. The molecule has 0 radical (unpaired) electrons. The molecular formula is C51H41N3. The molecule has 0 aromatic heterocycles. The van der Waals surface area contributed by atoms with E-state index in [-0.39, 0.29) is 12.3 Å². The second kappa shape index (κ2) is 14.9. The van der Waals surface area contributed by atoms with Gasteiger partial charge in [0, 0.05) is 6.54 Å². The normalized spacial score (nSPS) is 12.6. The minimum Gasteiger partial charge on any atom is -0.312 e. The summed E-state index contributed by atoms with van der Waals surface area (Å²) in [5.74, 6) is 0. The largest absolute Gasteiger partial charge is 0.312 e. The summed E-state index contributed by atoms with van der Waals surface area (Å²) in [6.45, 7) is 0.666. The van der Waals surface area contributed by atoms with Crippen LogP contribution in [0.1, 0.15) is 29.0 Å². The Labute approximate surface area is 316 Å². The maximum Gasteiger partial charge on any atom is 0.0852 e. The van der Waals surface area contributed by atoms with Gasteiger partial charge in [-0.25, -0.2) is 0 Å². The number of hydrogen-bond acceptors (Lipinski definition) is 3. The summed E-state index contributed by atoms with van der Waals surface area (Å²) in [6, 6.07) is 71.5. The predicted octanol–water partition coefficient (Wildman–Crippen LogP) is 12.2. The minimum absolute atomic E-state index is 0.170. The molecule has 9 aromatic carbocycles. The molecular weight excluding hydrogens is 655 g/mol. The third-order valence-electron chi connectivity index (χ3n) is 10.6. The van der Waals surface area contributed by atoms with Gasteiger partial charge in [-0.3, -0.25) is 10.6 Å². The third-order valence-corrected chi connectivity index (χ3v) is 10.6. The maximum atomic E-state index is 6.73. The molecule has 260 valence electrons. The summed E-state index contributed by atoms with van der Waals surface area (Å²) in [7, 11) is 0. The van der Waals surface area contributed by atoms with Crippen LogP contribution in [-0.4, -0.2) is 0 Å². The lowest BCUT2D eigenvalue weighted by molar-refractivity contribution is 0.386. The monoisotopic (exact) mass is 695 g/mol. The Morgan fingerprint density at radius 2 is 0.907 bits per heavy atom. The molecule has 0 spiro atoms. The standard InChI is InChI=1S/C51H41N3/c52-50(41-19-8-3-9-20-41)54-51(42-30-28-37(29-31-42)36-14-4-1-5-15-36)53-34-35-24-26-40(27-25-35)47-44-22-12-13-23-45(44)48(39-17-6-2-7-18-39)49-43-21-11-10-16-38(43)32-33-46(47)49/h1-33,50-51,53-54H,34,52H2. The van der Waals surface area contributed by atoms with Gasteiger partial charge in [0.2, 0.25) is 0 Å². The van der Waals surface area contributed by atoms with Crippen molar-refractivity contribution >= 4 is 32.3 Å². The van der Waals surface area contributed by atoms with Gasteiger partial charge in [0.15, 0.2) is 0 Å². The van der Waals surface area contributed by atoms with Crippen molar-refractivity contribution in [3.63, 3.8) is 0 Å². The fourth-order valence-electron chi connectivity index (χ4n) is 7.88. The van der Waals surface area contributed by atoms with Gasteiger partial charge < -0.3 is 5.73 Å². The van der Waals surface area contributed by atoms with Crippen LogP contribution in [0.5, 0.6) is 0 Å². The molecule has 0 bridgehead atoms. The summed E-state index contributed by atoms with van der Waals surface area (Å²) >= 11 is 0. The lowest BCUT2D eigenvalue weighted by Gasteiger charge is -2.25. The van der Waals surface area contributed by atoms with Crippen molar-refractivity contribution in [3.05, 3.63) is 217 Å². The topological polar surface area (TPSA) is 50.1 Å². The van der Waals surface area contributed by atoms with E-state index < -0.39 is 0 Å². The lowest BCUT2D eigenvalue weighted by Crippen LogP contribution is -2.39. The minimum atomic E-state index is -0.337. The van der Waals surface area contributed by atoms with Gasteiger partial charge >= 0.3 is 0 Å². The Morgan fingerprint density at radius 3 is 1.59 bits per heavy atom. The van der Waals surface area contributed by atoms with E-state index in [1.807, 2.05) is 24.3 Å². The zero-order valence-corrected chi connectivity index (χ0v) is 30.0. The lowest BCUT2D eigenvalue weighted by atomic mass is 9.84. The second-order valence-electron chi connectivity index (χ2n) is 13.9. The Morgan fingerprint density at radius 1 is 0.389 bits per heavy atom. The number of benzene rings is 9. The number of hydrogen-bond donors (Lipinski definition) is 3. The second-order valence-corrected chi connectivity index (χ2v) is 13.9. The van der Waals surface area contributed by atoms with Crippen molar-refractivity contribution < 1.29 is 0 Å². The SMILES string of the molecule is NC(NC(NCc1ccc(-c2c3ccccc3c(-c3ccccc3)c3c2ccc2ccccc23)cc1)c1ccc(-c2ccccc2)cc1)c1ccccc1. The third kappa shape index (κ3) is 6.57. The molecule has 3 heteroatoms. The van der Waals surface area contributed by atoms with Crippen LogP contribution in [0.3, 0.4) is 0 Å². The molecule has 3 nitrogen and oxygen atoms in total. The van der Waals surface area contributed by atoms with E-state index in [4.69, 9.17) is 5.73 Å². The van der Waals surface area contributed by atoms with Crippen molar-refractivity contribution in [2.75, 3.05) is 0 Å². The van der Waals surface area contributed by atoms with Crippen molar-refractivity contribution in [2.24, 2.45) is 5.73 Å². The van der Waals surface area contributed by atoms with E-state index in [2.05, 4.69) is 187 Å². The molecule has 4 N–H and O–H groups in total. The van der Waals surface area contributed by atoms with E-state index >= 15 is 0 Å². The first-order valence-corrected chi connectivity index (χ1v) is 18.7. The Kier molecular flexibility index (Phi) is 9.26. The quantitative estimate of drug-likeness (QED) is 0.0758. The van der Waals surface area contributed by atoms with Gasteiger partial charge in [0.25, 0.3) is 0 Å². The zero-order chi connectivity index (χ0) is 36.3. The molecule has 54 heavy (non-hydrogen) atoms. The zero-order valence-electron chi connectivity index (χ0n) is 30.0. The summed E-state index contributed by atoms with van der Waals surface area (Å²) in [4.78, 5) is 0. The summed E-state index contributed by atoms with van der Waals surface area (Å²) < 4.78 is 0. The average Bonchev–Trinajstić information content (AvgIpc) is 3.25. The first-order chi connectivity index (χ1) is 26.7. The van der Waals surface area contributed by atoms with E-state index in [1.54, 1.807) is 0 Å². The van der Waals surface area contributed by atoms with Crippen molar-refractivity contribution in [1.29, 1.82) is 0 Å². The van der Waals surface area contributed by atoms with E-state index in [0.29, 0.717) is 6.54 Å². The van der Waals surface area contributed by atoms with E-state index in [9.17, 15) is 0 Å². The first-order valence-electron chi connectivity index (χ1n) is 18.7. The van der Waals surface area contributed by atoms with Crippen LogP contribution in [0.15, 0.2) is 200 Å². The summed E-state index contributed by atoms with van der Waals surface area (Å²) in [6.07, 6.45) is -0.507. The average molecular weight is 696 g/mol. The smallest absolute Gasteiger partial charge is 0.0852 e. The molecule has 9 aromatic rings. The molecule has 0 amide bonds. The van der Waals surface area contributed by atoms with Gasteiger partial charge in [-0.1, -0.05) is 200 Å². The predicted molar refractivity (Wildman–Crippen MR) is 228 cm³/mol. The highest BCUT2D eigenvalue weighted by molar-refractivity contribution is 6.27. The molecule has 0 saturated carbocycles. The number of nitrogens with two attached hydrogens (primary N) is 1. The number of nitrogens with one attached hydrogen (secondary N) is 2. The van der Waals surface area contributed by atoms with Crippen LogP contribution in [0.2, 0.25) is 0 Å². The fourth-order valence-corrected chi connectivity index (χ4v) is 7.88. The fraction of sp³-hybridized carbons (Fsp3) is 0.0588. The Hall–Kier alpha value is -6.36. The molecule has 0 saturated heterocycles. The van der Waals surface area contributed by atoms with Gasteiger partial charge in [0.1, 0.15) is 0 Å². The highest BCUT2D eigenvalue weighted by atomic mass is 15.2.